The Morgan fingerprint density at radius 2 is 2.00 bits per heavy atom. The summed E-state index contributed by atoms with van der Waals surface area (Å²) >= 11 is 0. The van der Waals surface area contributed by atoms with Crippen molar-refractivity contribution in [2.45, 2.75) is 25.2 Å². The molecule has 2 aliphatic rings. The van der Waals surface area contributed by atoms with Crippen LogP contribution in [0.2, 0.25) is 0 Å². The van der Waals surface area contributed by atoms with E-state index in [0.29, 0.717) is 19.6 Å². The molecule has 62 valence electrons. The third-order valence-corrected chi connectivity index (χ3v) is 1.87. The molecule has 0 N–H and O–H groups in total. The fraction of sp³-hybridized carbons (Fsp3) is 0.857. The minimum Gasteiger partial charge on any atom is -0.457 e. The third kappa shape index (κ3) is 1.36. The van der Waals surface area contributed by atoms with Gasteiger partial charge >= 0.3 is 5.97 Å². The minimum atomic E-state index is -0.304. The van der Waals surface area contributed by atoms with E-state index in [1.54, 1.807) is 0 Å². The van der Waals surface area contributed by atoms with Crippen LogP contribution >= 0.6 is 0 Å². The van der Waals surface area contributed by atoms with E-state index in [0.717, 1.165) is 6.42 Å². The summed E-state index contributed by atoms with van der Waals surface area (Å²) < 4.78 is 15.3. The number of ether oxygens (including phenoxy) is 3. The molecule has 0 aromatic heterocycles. The van der Waals surface area contributed by atoms with Crippen molar-refractivity contribution in [3.63, 3.8) is 0 Å². The predicted molar refractivity (Wildman–Crippen MR) is 34.8 cm³/mol. The van der Waals surface area contributed by atoms with E-state index in [9.17, 15) is 4.79 Å². The van der Waals surface area contributed by atoms with Crippen LogP contribution in [-0.4, -0.2) is 31.6 Å². The van der Waals surface area contributed by atoms with Gasteiger partial charge in [-0.15, -0.1) is 0 Å². The Morgan fingerprint density at radius 1 is 1.27 bits per heavy atom. The van der Waals surface area contributed by atoms with Crippen molar-refractivity contribution in [3.8, 4) is 0 Å². The number of hydrogen-bond acceptors (Lipinski definition) is 4. The van der Waals surface area contributed by atoms with Crippen LogP contribution in [0.15, 0.2) is 0 Å². The average molecular weight is 158 g/mol. The van der Waals surface area contributed by atoms with Crippen molar-refractivity contribution < 1.29 is 19.0 Å². The summed E-state index contributed by atoms with van der Waals surface area (Å²) in [6, 6.07) is 0. The van der Waals surface area contributed by atoms with Crippen molar-refractivity contribution in [1.29, 1.82) is 0 Å². The molecule has 2 rings (SSSR count). The molecule has 0 spiro atoms. The summed E-state index contributed by atoms with van der Waals surface area (Å²) in [7, 11) is 0. The van der Waals surface area contributed by atoms with Gasteiger partial charge in [-0.25, -0.2) is 0 Å². The molecule has 0 aromatic carbocycles. The van der Waals surface area contributed by atoms with Gasteiger partial charge in [0.1, 0.15) is 0 Å². The van der Waals surface area contributed by atoms with E-state index in [1.807, 2.05) is 0 Å². The number of carbonyl (C=O) groups is 1. The normalized spacial score (nSPS) is 32.7. The molecule has 2 aliphatic heterocycles. The highest BCUT2D eigenvalue weighted by molar-refractivity contribution is 5.71. The zero-order valence-corrected chi connectivity index (χ0v) is 6.12. The number of rotatable bonds is 1. The number of cyclic esters (lactones) is 1. The molecular weight excluding hydrogens is 148 g/mol. The number of carbonyl (C=O) groups excluding carboxylic acids is 1. The number of hydrogen-bond donors (Lipinski definition) is 0. The summed E-state index contributed by atoms with van der Waals surface area (Å²) in [5.74, 6) is -0.144. The highest BCUT2D eigenvalue weighted by atomic mass is 16.7. The molecule has 0 bridgehead atoms. The Bertz CT molecular complexity index is 162. The van der Waals surface area contributed by atoms with E-state index in [4.69, 9.17) is 14.2 Å². The molecule has 0 aliphatic carbocycles. The standard InChI is InChI=1S/C7H10O4/c8-6-2-1-5(11-6)7-9-3-4-10-7/h5,7H,1-4H2. The second-order valence-electron chi connectivity index (χ2n) is 2.68. The molecule has 11 heavy (non-hydrogen) atoms. The topological polar surface area (TPSA) is 44.8 Å². The van der Waals surface area contributed by atoms with E-state index in [1.165, 1.54) is 0 Å². The number of esters is 1. The smallest absolute Gasteiger partial charge is 0.306 e. The largest absolute Gasteiger partial charge is 0.457 e. The van der Waals surface area contributed by atoms with Crippen LogP contribution < -0.4 is 0 Å². The molecular formula is C7H10O4. The van der Waals surface area contributed by atoms with Crippen molar-refractivity contribution in [3.05, 3.63) is 0 Å². The average Bonchev–Trinajstić information content (AvgIpc) is 2.55. The van der Waals surface area contributed by atoms with Crippen LogP contribution in [0.3, 0.4) is 0 Å². The van der Waals surface area contributed by atoms with Crippen LogP contribution in [0.25, 0.3) is 0 Å². The SMILES string of the molecule is O=C1CCC(C2OCCO2)O1. The molecule has 0 aromatic rings. The summed E-state index contributed by atoms with van der Waals surface area (Å²) in [6.45, 7) is 1.22. The van der Waals surface area contributed by atoms with Gasteiger partial charge in [0.25, 0.3) is 0 Å². The maximum absolute atomic E-state index is 10.7. The molecule has 0 saturated carbocycles. The molecule has 2 saturated heterocycles. The monoisotopic (exact) mass is 158 g/mol. The molecule has 2 fully saturated rings. The van der Waals surface area contributed by atoms with Gasteiger partial charge in [-0.2, -0.15) is 0 Å². The summed E-state index contributed by atoms with van der Waals surface area (Å²) in [4.78, 5) is 10.7. The summed E-state index contributed by atoms with van der Waals surface area (Å²) in [5, 5.41) is 0. The Balaban J connectivity index is 1.90. The van der Waals surface area contributed by atoms with Crippen LogP contribution in [0, 0.1) is 0 Å². The fourth-order valence-electron chi connectivity index (χ4n) is 1.33. The van der Waals surface area contributed by atoms with Crippen LogP contribution in [0.4, 0.5) is 0 Å². The zero-order chi connectivity index (χ0) is 7.68. The fourth-order valence-corrected chi connectivity index (χ4v) is 1.33. The Morgan fingerprint density at radius 3 is 2.55 bits per heavy atom. The first-order chi connectivity index (χ1) is 5.36. The van der Waals surface area contributed by atoms with Crippen LogP contribution in [0.1, 0.15) is 12.8 Å². The predicted octanol–water partition coefficient (Wildman–Crippen LogP) is 0.0649. The Kier molecular flexibility index (Phi) is 1.79. The maximum Gasteiger partial charge on any atom is 0.306 e. The van der Waals surface area contributed by atoms with E-state index in [2.05, 4.69) is 0 Å². The zero-order valence-electron chi connectivity index (χ0n) is 6.12. The van der Waals surface area contributed by atoms with Gasteiger partial charge in [0, 0.05) is 6.42 Å². The Labute approximate surface area is 64.4 Å². The molecule has 4 nitrogen and oxygen atoms in total. The lowest BCUT2D eigenvalue weighted by Crippen LogP contribution is -2.26. The van der Waals surface area contributed by atoms with Crippen LogP contribution in [-0.2, 0) is 19.0 Å². The van der Waals surface area contributed by atoms with Gasteiger partial charge in [-0.3, -0.25) is 4.79 Å². The summed E-state index contributed by atoms with van der Waals surface area (Å²) in [6.07, 6.45) is 0.753. The first-order valence-electron chi connectivity index (χ1n) is 3.79. The third-order valence-electron chi connectivity index (χ3n) is 1.87. The minimum absolute atomic E-state index is 0.144. The van der Waals surface area contributed by atoms with Gasteiger partial charge < -0.3 is 14.2 Å². The quantitative estimate of drug-likeness (QED) is 0.506. The molecule has 2 heterocycles. The highest BCUT2D eigenvalue weighted by Gasteiger charge is 2.34. The van der Waals surface area contributed by atoms with Crippen molar-refractivity contribution >= 4 is 5.97 Å². The maximum atomic E-state index is 10.7. The lowest BCUT2D eigenvalue weighted by atomic mass is 10.2. The van der Waals surface area contributed by atoms with E-state index in [-0.39, 0.29) is 18.4 Å². The molecule has 4 heteroatoms. The highest BCUT2D eigenvalue weighted by Crippen LogP contribution is 2.21. The van der Waals surface area contributed by atoms with Gasteiger partial charge in [0.05, 0.1) is 13.2 Å². The van der Waals surface area contributed by atoms with Crippen molar-refractivity contribution in [2.24, 2.45) is 0 Å². The first kappa shape index (κ1) is 7.06. The lowest BCUT2D eigenvalue weighted by Gasteiger charge is -2.14. The van der Waals surface area contributed by atoms with Gasteiger partial charge in [0.2, 0.25) is 0 Å². The molecule has 1 unspecified atom stereocenters. The van der Waals surface area contributed by atoms with E-state index >= 15 is 0 Å². The molecule has 0 amide bonds. The van der Waals surface area contributed by atoms with Crippen molar-refractivity contribution in [2.75, 3.05) is 13.2 Å². The second kappa shape index (κ2) is 2.79. The second-order valence-corrected chi connectivity index (χ2v) is 2.68. The van der Waals surface area contributed by atoms with Gasteiger partial charge in [0.15, 0.2) is 12.4 Å². The van der Waals surface area contributed by atoms with Crippen LogP contribution in [0.5, 0.6) is 0 Å². The van der Waals surface area contributed by atoms with Crippen molar-refractivity contribution in [1.82, 2.24) is 0 Å². The summed E-state index contributed by atoms with van der Waals surface area (Å²) in [5.41, 5.74) is 0. The molecule has 1 atom stereocenters. The van der Waals surface area contributed by atoms with E-state index < -0.39 is 0 Å². The molecule has 0 radical (unpaired) electrons. The lowest BCUT2D eigenvalue weighted by molar-refractivity contribution is -0.160. The van der Waals surface area contributed by atoms with Gasteiger partial charge in [-0.1, -0.05) is 0 Å². The first-order valence-corrected chi connectivity index (χ1v) is 3.79. The van der Waals surface area contributed by atoms with Gasteiger partial charge in [-0.05, 0) is 6.42 Å². The Hall–Kier alpha value is -0.610.